The lowest BCUT2D eigenvalue weighted by molar-refractivity contribution is -0.0311. The van der Waals surface area contributed by atoms with Crippen LogP contribution >= 0.6 is 0 Å². The quantitative estimate of drug-likeness (QED) is 0.500. The molecule has 0 radical (unpaired) electrons. The molecular weight excluding hydrogens is 406 g/mol. The normalized spacial score (nSPS) is 21.1. The number of aryl methyl sites for hydroxylation is 1. The van der Waals surface area contributed by atoms with Crippen molar-refractivity contribution >= 4 is 16.8 Å². The van der Waals surface area contributed by atoms with E-state index >= 15 is 0 Å². The number of primary amides is 1. The van der Waals surface area contributed by atoms with Crippen LogP contribution in [0.5, 0.6) is 0 Å². The third kappa shape index (κ3) is 3.75. The smallest absolute Gasteiger partial charge is 0.248 e. The Kier molecular flexibility index (Phi) is 4.97. The fourth-order valence-corrected chi connectivity index (χ4v) is 4.76. The van der Waals surface area contributed by atoms with Gasteiger partial charge < -0.3 is 10.8 Å². The fourth-order valence-electron chi connectivity index (χ4n) is 4.76. The SMILES string of the molecule is Cc1cc(-c2nn(C3CCCC(O)(Cn4cncn4)C3)c3ccc(C(N)=O)cc23)ccn1. The molecule has 2 atom stereocenters. The van der Waals surface area contributed by atoms with Crippen LogP contribution in [0.3, 0.4) is 0 Å². The maximum absolute atomic E-state index is 11.8. The van der Waals surface area contributed by atoms with Gasteiger partial charge in [-0.05, 0) is 56.5 Å². The molecule has 1 fully saturated rings. The van der Waals surface area contributed by atoms with E-state index in [1.54, 1.807) is 29.3 Å². The van der Waals surface area contributed by atoms with Crippen LogP contribution in [-0.4, -0.2) is 46.1 Å². The van der Waals surface area contributed by atoms with Gasteiger partial charge in [0.15, 0.2) is 0 Å². The molecule has 9 nitrogen and oxygen atoms in total. The summed E-state index contributed by atoms with van der Waals surface area (Å²) in [6.07, 6.45) is 7.89. The van der Waals surface area contributed by atoms with Crippen molar-refractivity contribution in [1.82, 2.24) is 29.5 Å². The maximum Gasteiger partial charge on any atom is 0.248 e. The first-order chi connectivity index (χ1) is 15.4. The molecule has 2 unspecified atom stereocenters. The van der Waals surface area contributed by atoms with Crippen molar-refractivity contribution < 1.29 is 9.90 Å². The topological polar surface area (TPSA) is 125 Å². The minimum absolute atomic E-state index is 0.0101. The molecule has 0 spiro atoms. The Morgan fingerprint density at radius 3 is 2.94 bits per heavy atom. The summed E-state index contributed by atoms with van der Waals surface area (Å²) in [5, 5.41) is 21.3. The maximum atomic E-state index is 11.8. The van der Waals surface area contributed by atoms with E-state index < -0.39 is 11.5 Å². The van der Waals surface area contributed by atoms with Gasteiger partial charge >= 0.3 is 0 Å². The third-order valence-corrected chi connectivity index (χ3v) is 6.22. The van der Waals surface area contributed by atoms with Gasteiger partial charge in [-0.25, -0.2) is 4.98 Å². The van der Waals surface area contributed by atoms with Crippen molar-refractivity contribution in [3.63, 3.8) is 0 Å². The first-order valence-corrected chi connectivity index (χ1v) is 10.7. The van der Waals surface area contributed by atoms with E-state index in [-0.39, 0.29) is 6.04 Å². The largest absolute Gasteiger partial charge is 0.388 e. The van der Waals surface area contributed by atoms with Crippen LogP contribution in [0.15, 0.2) is 49.2 Å². The van der Waals surface area contributed by atoms with Gasteiger partial charge in [-0.15, -0.1) is 0 Å². The Bertz CT molecular complexity index is 1280. The van der Waals surface area contributed by atoms with Gasteiger partial charge in [-0.3, -0.25) is 19.1 Å². The molecule has 3 aromatic heterocycles. The summed E-state index contributed by atoms with van der Waals surface area (Å²) in [4.78, 5) is 20.1. The molecule has 0 aliphatic heterocycles. The number of amides is 1. The summed E-state index contributed by atoms with van der Waals surface area (Å²) >= 11 is 0. The van der Waals surface area contributed by atoms with Crippen LogP contribution < -0.4 is 5.73 Å². The minimum atomic E-state index is -0.893. The number of pyridine rings is 1. The molecule has 9 heteroatoms. The second-order valence-electron chi connectivity index (χ2n) is 8.64. The fraction of sp³-hybridized carbons (Fsp3) is 0.348. The molecular formula is C23H25N7O2. The number of carbonyl (C=O) groups excluding carboxylic acids is 1. The van der Waals surface area contributed by atoms with Crippen LogP contribution in [0.2, 0.25) is 0 Å². The summed E-state index contributed by atoms with van der Waals surface area (Å²) in [5.41, 5.74) is 8.59. The molecule has 0 bridgehead atoms. The van der Waals surface area contributed by atoms with E-state index in [1.807, 2.05) is 29.8 Å². The predicted octanol–water partition coefficient (Wildman–Crippen LogP) is 2.64. The zero-order valence-electron chi connectivity index (χ0n) is 17.8. The Morgan fingerprint density at radius 2 is 2.19 bits per heavy atom. The number of carbonyl (C=O) groups is 1. The molecule has 5 rings (SSSR count). The van der Waals surface area contributed by atoms with Crippen LogP contribution in [0, 0.1) is 6.92 Å². The highest BCUT2D eigenvalue weighted by Gasteiger charge is 2.37. The lowest BCUT2D eigenvalue weighted by Gasteiger charge is -2.37. The van der Waals surface area contributed by atoms with Gasteiger partial charge in [-0.1, -0.05) is 0 Å². The second kappa shape index (κ2) is 7.83. The van der Waals surface area contributed by atoms with Crippen molar-refractivity contribution in [3.05, 3.63) is 60.4 Å². The van der Waals surface area contributed by atoms with Crippen molar-refractivity contribution in [2.24, 2.45) is 5.73 Å². The number of hydrogen-bond acceptors (Lipinski definition) is 6. The van der Waals surface area contributed by atoms with Gasteiger partial charge in [0.1, 0.15) is 18.3 Å². The Labute approximate surface area is 184 Å². The van der Waals surface area contributed by atoms with E-state index in [0.717, 1.165) is 40.7 Å². The van der Waals surface area contributed by atoms with E-state index in [1.165, 1.54) is 6.33 Å². The lowest BCUT2D eigenvalue weighted by atomic mass is 9.81. The van der Waals surface area contributed by atoms with Gasteiger partial charge in [0, 0.05) is 34.8 Å². The molecule has 0 saturated heterocycles. The summed E-state index contributed by atoms with van der Waals surface area (Å²) in [6, 6.07) is 9.33. The highest BCUT2D eigenvalue weighted by Crippen LogP contribution is 2.39. The first-order valence-electron chi connectivity index (χ1n) is 10.7. The minimum Gasteiger partial charge on any atom is -0.388 e. The zero-order chi connectivity index (χ0) is 22.3. The average Bonchev–Trinajstić information content (AvgIpc) is 3.40. The van der Waals surface area contributed by atoms with E-state index in [4.69, 9.17) is 10.8 Å². The molecule has 3 heterocycles. The zero-order valence-corrected chi connectivity index (χ0v) is 17.8. The number of aliphatic hydroxyl groups is 1. The summed E-state index contributed by atoms with van der Waals surface area (Å²) in [5.74, 6) is -0.476. The van der Waals surface area contributed by atoms with Crippen molar-refractivity contribution in [2.45, 2.75) is 50.8 Å². The number of aromatic nitrogens is 6. The van der Waals surface area contributed by atoms with Crippen molar-refractivity contribution in [1.29, 1.82) is 0 Å². The van der Waals surface area contributed by atoms with E-state index in [9.17, 15) is 9.90 Å². The molecule has 1 aromatic carbocycles. The van der Waals surface area contributed by atoms with Gasteiger partial charge in [0.05, 0.1) is 23.7 Å². The number of benzene rings is 1. The van der Waals surface area contributed by atoms with E-state index in [0.29, 0.717) is 24.9 Å². The second-order valence-corrected chi connectivity index (χ2v) is 8.64. The van der Waals surface area contributed by atoms with Crippen LogP contribution in [0.1, 0.15) is 47.8 Å². The van der Waals surface area contributed by atoms with Crippen LogP contribution in [-0.2, 0) is 6.54 Å². The van der Waals surface area contributed by atoms with Crippen LogP contribution in [0.25, 0.3) is 22.2 Å². The third-order valence-electron chi connectivity index (χ3n) is 6.22. The van der Waals surface area contributed by atoms with Crippen LogP contribution in [0.4, 0.5) is 0 Å². The monoisotopic (exact) mass is 431 g/mol. The predicted molar refractivity (Wildman–Crippen MR) is 119 cm³/mol. The average molecular weight is 432 g/mol. The summed E-state index contributed by atoms with van der Waals surface area (Å²) in [7, 11) is 0. The first kappa shape index (κ1) is 20.3. The Morgan fingerprint density at radius 1 is 1.31 bits per heavy atom. The summed E-state index contributed by atoms with van der Waals surface area (Å²) < 4.78 is 3.67. The highest BCUT2D eigenvalue weighted by atomic mass is 16.3. The molecule has 1 saturated carbocycles. The van der Waals surface area contributed by atoms with Gasteiger partial charge in [-0.2, -0.15) is 10.2 Å². The molecule has 1 amide bonds. The van der Waals surface area contributed by atoms with Gasteiger partial charge in [0.25, 0.3) is 0 Å². The van der Waals surface area contributed by atoms with Gasteiger partial charge in [0.2, 0.25) is 5.91 Å². The number of rotatable bonds is 5. The number of hydrogen-bond donors (Lipinski definition) is 2. The number of fused-ring (bicyclic) bond motifs is 1. The Balaban J connectivity index is 1.58. The standard InChI is InChI=1S/C23H25N7O2/c1-15-9-16(6-8-26-15)21-19-10-17(22(24)31)4-5-20(19)30(28-21)18-3-2-7-23(32,11-18)12-29-14-25-13-27-29/h4-6,8-10,13-14,18,32H,2-3,7,11-12H2,1H3,(H2,24,31). The summed E-state index contributed by atoms with van der Waals surface area (Å²) in [6.45, 7) is 2.33. The number of nitrogens with two attached hydrogens (primary N) is 1. The molecule has 164 valence electrons. The van der Waals surface area contributed by atoms with E-state index in [2.05, 4.69) is 15.1 Å². The highest BCUT2D eigenvalue weighted by molar-refractivity contribution is 6.01. The molecule has 4 aromatic rings. The molecule has 3 N–H and O–H groups in total. The Hall–Kier alpha value is -3.59. The molecule has 1 aliphatic carbocycles. The van der Waals surface area contributed by atoms with Crippen molar-refractivity contribution in [3.8, 4) is 11.3 Å². The number of nitrogens with zero attached hydrogens (tertiary/aromatic N) is 6. The molecule has 1 aliphatic rings. The molecule has 32 heavy (non-hydrogen) atoms. The lowest BCUT2D eigenvalue weighted by Crippen LogP contribution is -2.40. The van der Waals surface area contributed by atoms with Crippen molar-refractivity contribution in [2.75, 3.05) is 0 Å².